The van der Waals surface area contributed by atoms with Gasteiger partial charge in [0.1, 0.15) is 0 Å². The van der Waals surface area contributed by atoms with Gasteiger partial charge in [0.2, 0.25) is 5.44 Å². The number of thioether (sulfide) groups is 1. The van der Waals surface area contributed by atoms with Crippen LogP contribution in [0, 0.1) is 0 Å². The van der Waals surface area contributed by atoms with Crippen LogP contribution in [0.3, 0.4) is 0 Å². The molecule has 0 bridgehead atoms. The lowest BCUT2D eigenvalue weighted by atomic mass is 10.7. The zero-order valence-electron chi connectivity index (χ0n) is 4.48. The fourth-order valence-corrected chi connectivity index (χ4v) is 1.29. The highest BCUT2D eigenvalue weighted by Crippen LogP contribution is 2.23. The third-order valence-electron chi connectivity index (χ3n) is 0.872. The van der Waals surface area contributed by atoms with E-state index in [-0.39, 0.29) is 0 Å². The Labute approximate surface area is 55.8 Å². The molecule has 1 aliphatic heterocycles. The molecule has 0 radical (unpaired) electrons. The van der Waals surface area contributed by atoms with Crippen LogP contribution in [0.2, 0.25) is 0 Å². The number of hydrogen-bond donors (Lipinski definition) is 2. The van der Waals surface area contributed by atoms with E-state index >= 15 is 0 Å². The highest BCUT2D eigenvalue weighted by molar-refractivity contribution is 8.00. The number of carbonyl (C=O) groups is 1. The minimum atomic E-state index is -1.03. The average Bonchev–Trinajstić information content (AvgIpc) is 2.14. The van der Waals surface area contributed by atoms with Crippen LogP contribution in [-0.4, -0.2) is 33.7 Å². The van der Waals surface area contributed by atoms with E-state index in [1.54, 1.807) is 0 Å². The summed E-state index contributed by atoms with van der Waals surface area (Å²) in [7, 11) is 0. The van der Waals surface area contributed by atoms with Crippen molar-refractivity contribution in [2.75, 3.05) is 5.75 Å². The van der Waals surface area contributed by atoms with Gasteiger partial charge >= 0.3 is 5.97 Å². The highest BCUT2D eigenvalue weighted by atomic mass is 32.2. The van der Waals surface area contributed by atoms with Crippen molar-refractivity contribution in [1.29, 1.82) is 0 Å². The SMILES string of the molecule is O=C(O)C1OC(O)CS1. The van der Waals surface area contributed by atoms with Gasteiger partial charge in [-0.15, -0.1) is 11.8 Å². The fourth-order valence-electron chi connectivity index (χ4n) is 0.520. The first-order valence-electron chi connectivity index (χ1n) is 2.38. The van der Waals surface area contributed by atoms with Gasteiger partial charge in [-0.05, 0) is 0 Å². The molecule has 9 heavy (non-hydrogen) atoms. The predicted octanol–water partition coefficient (Wildman–Crippen LogP) is -0.521. The molecule has 0 aromatic heterocycles. The largest absolute Gasteiger partial charge is 0.479 e. The molecule has 0 spiro atoms. The maximum atomic E-state index is 10.1. The summed E-state index contributed by atoms with van der Waals surface area (Å²) >= 11 is 1.09. The van der Waals surface area contributed by atoms with Crippen molar-refractivity contribution in [3.63, 3.8) is 0 Å². The molecule has 0 aromatic carbocycles. The maximum Gasteiger partial charge on any atom is 0.343 e. The number of hydrogen-bond acceptors (Lipinski definition) is 4. The van der Waals surface area contributed by atoms with Crippen LogP contribution in [0.1, 0.15) is 0 Å². The summed E-state index contributed by atoms with van der Waals surface area (Å²) in [6, 6.07) is 0. The van der Waals surface area contributed by atoms with E-state index in [1.807, 2.05) is 0 Å². The molecule has 2 unspecified atom stereocenters. The monoisotopic (exact) mass is 150 g/mol. The predicted molar refractivity (Wildman–Crippen MR) is 31.0 cm³/mol. The number of carboxylic acids is 1. The molecular weight excluding hydrogens is 144 g/mol. The summed E-state index contributed by atoms with van der Waals surface area (Å²) < 4.78 is 4.54. The molecule has 1 aliphatic rings. The Kier molecular flexibility index (Phi) is 1.94. The Hall–Kier alpha value is -0.260. The molecule has 1 heterocycles. The van der Waals surface area contributed by atoms with Gasteiger partial charge in [-0.2, -0.15) is 0 Å². The van der Waals surface area contributed by atoms with Crippen molar-refractivity contribution in [3.8, 4) is 0 Å². The minimum absolute atomic E-state index is 0.344. The van der Waals surface area contributed by atoms with Crippen molar-refractivity contribution in [3.05, 3.63) is 0 Å². The van der Waals surface area contributed by atoms with Gasteiger partial charge in [0.25, 0.3) is 0 Å². The van der Waals surface area contributed by atoms with Crippen LogP contribution in [0.4, 0.5) is 0 Å². The van der Waals surface area contributed by atoms with Crippen molar-refractivity contribution < 1.29 is 19.7 Å². The van der Waals surface area contributed by atoms with Crippen molar-refractivity contribution in [1.82, 2.24) is 0 Å². The van der Waals surface area contributed by atoms with Crippen LogP contribution >= 0.6 is 11.8 Å². The molecule has 5 heteroatoms. The molecule has 0 aromatic rings. The normalized spacial score (nSPS) is 34.8. The number of ether oxygens (including phenoxy) is 1. The summed E-state index contributed by atoms with van der Waals surface area (Å²) in [5, 5.41) is 16.9. The number of aliphatic hydroxyl groups is 1. The van der Waals surface area contributed by atoms with E-state index in [4.69, 9.17) is 10.2 Å². The Balaban J connectivity index is 2.39. The summed E-state index contributed by atoms with van der Waals surface area (Å²) in [4.78, 5) is 10.1. The van der Waals surface area contributed by atoms with Crippen LogP contribution in [0.5, 0.6) is 0 Å². The van der Waals surface area contributed by atoms with Crippen molar-refractivity contribution in [2.24, 2.45) is 0 Å². The third-order valence-corrected chi connectivity index (χ3v) is 1.97. The zero-order valence-corrected chi connectivity index (χ0v) is 5.30. The third kappa shape index (κ3) is 1.57. The van der Waals surface area contributed by atoms with Gasteiger partial charge in [-0.3, -0.25) is 0 Å². The second kappa shape index (κ2) is 2.55. The van der Waals surface area contributed by atoms with E-state index in [0.29, 0.717) is 5.75 Å². The zero-order chi connectivity index (χ0) is 6.85. The van der Waals surface area contributed by atoms with Gasteiger partial charge < -0.3 is 14.9 Å². The first-order chi connectivity index (χ1) is 4.20. The highest BCUT2D eigenvalue weighted by Gasteiger charge is 2.29. The molecule has 1 fully saturated rings. The Morgan fingerprint density at radius 3 is 2.67 bits per heavy atom. The number of carboxylic acid groups (broad SMARTS) is 1. The first kappa shape index (κ1) is 6.85. The maximum absolute atomic E-state index is 10.1. The summed E-state index contributed by atoms with van der Waals surface area (Å²) in [5.41, 5.74) is -0.875. The van der Waals surface area contributed by atoms with Crippen molar-refractivity contribution >= 4 is 17.7 Å². The first-order valence-corrected chi connectivity index (χ1v) is 3.43. The molecular formula is C4H6O4S. The van der Waals surface area contributed by atoms with E-state index in [0.717, 1.165) is 11.8 Å². The van der Waals surface area contributed by atoms with Gasteiger partial charge in [-0.25, -0.2) is 4.79 Å². The van der Waals surface area contributed by atoms with Crippen LogP contribution in [-0.2, 0) is 9.53 Å². The number of aliphatic carboxylic acids is 1. The lowest BCUT2D eigenvalue weighted by molar-refractivity contribution is -0.154. The lowest BCUT2D eigenvalue weighted by Gasteiger charge is -2.01. The Bertz CT molecular complexity index is 126. The Morgan fingerprint density at radius 1 is 1.78 bits per heavy atom. The molecule has 0 aliphatic carbocycles. The fraction of sp³-hybridized carbons (Fsp3) is 0.750. The molecule has 2 N–H and O–H groups in total. The molecule has 1 saturated heterocycles. The van der Waals surface area contributed by atoms with Crippen LogP contribution < -0.4 is 0 Å². The average molecular weight is 150 g/mol. The van der Waals surface area contributed by atoms with Crippen LogP contribution in [0.15, 0.2) is 0 Å². The summed E-state index contributed by atoms with van der Waals surface area (Å²) in [5.74, 6) is -0.687. The summed E-state index contributed by atoms with van der Waals surface area (Å²) in [6.07, 6.45) is -0.906. The summed E-state index contributed by atoms with van der Waals surface area (Å²) in [6.45, 7) is 0. The lowest BCUT2D eigenvalue weighted by Crippen LogP contribution is -2.18. The van der Waals surface area contributed by atoms with Gasteiger partial charge in [-0.1, -0.05) is 0 Å². The second-order valence-electron chi connectivity index (χ2n) is 1.59. The second-order valence-corrected chi connectivity index (χ2v) is 2.69. The Morgan fingerprint density at radius 2 is 2.44 bits per heavy atom. The molecule has 0 saturated carbocycles. The number of aliphatic hydroxyl groups excluding tert-OH is 1. The van der Waals surface area contributed by atoms with E-state index in [9.17, 15) is 4.79 Å². The molecule has 52 valence electrons. The molecule has 0 amide bonds. The van der Waals surface area contributed by atoms with E-state index in [1.165, 1.54) is 0 Å². The molecule has 1 rings (SSSR count). The van der Waals surface area contributed by atoms with Gasteiger partial charge in [0.15, 0.2) is 6.29 Å². The topological polar surface area (TPSA) is 66.8 Å². The minimum Gasteiger partial charge on any atom is -0.479 e. The molecule has 4 nitrogen and oxygen atoms in total. The van der Waals surface area contributed by atoms with Crippen LogP contribution in [0.25, 0.3) is 0 Å². The quantitative estimate of drug-likeness (QED) is 0.526. The number of rotatable bonds is 1. The smallest absolute Gasteiger partial charge is 0.343 e. The van der Waals surface area contributed by atoms with E-state index in [2.05, 4.69) is 4.74 Å². The van der Waals surface area contributed by atoms with E-state index < -0.39 is 17.7 Å². The standard InChI is InChI=1S/C4H6O4S/c5-2-1-9-4(8-2)3(6)7/h2,4-5H,1H2,(H,6,7). The van der Waals surface area contributed by atoms with Crippen molar-refractivity contribution in [2.45, 2.75) is 11.7 Å². The van der Waals surface area contributed by atoms with Gasteiger partial charge in [0, 0.05) is 5.75 Å². The van der Waals surface area contributed by atoms with Gasteiger partial charge in [0.05, 0.1) is 0 Å². The molecule has 2 atom stereocenters.